The Balaban J connectivity index is 1.42. The summed E-state index contributed by atoms with van der Waals surface area (Å²) in [6.07, 6.45) is -1.28. The van der Waals surface area contributed by atoms with Crippen LogP contribution in [0.5, 0.6) is 0 Å². The van der Waals surface area contributed by atoms with Crippen molar-refractivity contribution in [3.05, 3.63) is 95.6 Å². The number of ether oxygens (including phenoxy) is 1. The van der Waals surface area contributed by atoms with Gasteiger partial charge in [0, 0.05) is 25.6 Å². The van der Waals surface area contributed by atoms with Crippen LogP contribution >= 0.6 is 0 Å². The molecule has 0 heterocycles. The number of aliphatic hydroxyl groups is 1. The van der Waals surface area contributed by atoms with Gasteiger partial charge in [-0.15, -0.1) is 0 Å². The molecule has 0 spiro atoms. The number of benzene rings is 3. The zero-order chi connectivity index (χ0) is 28.7. The van der Waals surface area contributed by atoms with Crippen molar-refractivity contribution in [2.24, 2.45) is 0 Å². The highest BCUT2D eigenvalue weighted by molar-refractivity contribution is 5.86. The number of carboxylic acid groups (broad SMARTS) is 1. The maximum Gasteiger partial charge on any atom is 0.407 e. The van der Waals surface area contributed by atoms with E-state index in [9.17, 15) is 19.5 Å². The number of carbonyl (C=O) groups excluding carboxylic acids is 2. The van der Waals surface area contributed by atoms with Gasteiger partial charge in [0.25, 0.3) is 0 Å². The summed E-state index contributed by atoms with van der Waals surface area (Å²) in [7, 11) is 1.83. The molecule has 0 aliphatic heterocycles. The van der Waals surface area contributed by atoms with E-state index in [-0.39, 0.29) is 25.6 Å². The molecule has 210 valence electrons. The first-order valence-corrected chi connectivity index (χ1v) is 13.2. The summed E-state index contributed by atoms with van der Waals surface area (Å²) in [6.45, 7) is 1.83. The lowest BCUT2D eigenvalue weighted by Crippen LogP contribution is -2.54. The third-order valence-corrected chi connectivity index (χ3v) is 6.92. The SMILES string of the molecule is CN(Cc1ccccc1)CC(NC(=O)OCC1c2ccccc2-c2ccccc21)C(=O)NCC(C)(O)CC(=O)O. The van der Waals surface area contributed by atoms with E-state index in [2.05, 4.69) is 22.8 Å². The van der Waals surface area contributed by atoms with E-state index >= 15 is 0 Å². The molecule has 9 heteroatoms. The fourth-order valence-electron chi connectivity index (χ4n) is 5.04. The summed E-state index contributed by atoms with van der Waals surface area (Å²) in [6, 6.07) is 24.7. The van der Waals surface area contributed by atoms with Gasteiger partial charge < -0.3 is 25.6 Å². The highest BCUT2D eigenvalue weighted by atomic mass is 16.5. The normalized spacial score (nSPS) is 14.5. The molecule has 4 N–H and O–H groups in total. The molecule has 0 fully saturated rings. The number of hydrogen-bond acceptors (Lipinski definition) is 6. The van der Waals surface area contributed by atoms with E-state index in [0.717, 1.165) is 27.8 Å². The highest BCUT2D eigenvalue weighted by Gasteiger charge is 2.31. The van der Waals surface area contributed by atoms with Gasteiger partial charge in [-0.05, 0) is 41.8 Å². The van der Waals surface area contributed by atoms with Gasteiger partial charge in [-0.1, -0.05) is 78.9 Å². The van der Waals surface area contributed by atoms with Crippen LogP contribution in [0, 0.1) is 0 Å². The average molecular weight is 546 g/mol. The molecule has 3 aromatic carbocycles. The molecule has 3 aromatic rings. The Hall–Kier alpha value is -4.21. The highest BCUT2D eigenvalue weighted by Crippen LogP contribution is 2.44. The number of fused-ring (bicyclic) bond motifs is 3. The zero-order valence-corrected chi connectivity index (χ0v) is 22.7. The summed E-state index contributed by atoms with van der Waals surface area (Å²) in [5.41, 5.74) is 3.77. The van der Waals surface area contributed by atoms with Crippen molar-refractivity contribution >= 4 is 18.0 Å². The van der Waals surface area contributed by atoms with Crippen LogP contribution in [0.25, 0.3) is 11.1 Å². The number of nitrogens with zero attached hydrogens (tertiary/aromatic N) is 1. The second kappa shape index (κ2) is 12.8. The van der Waals surface area contributed by atoms with Gasteiger partial charge >= 0.3 is 12.1 Å². The van der Waals surface area contributed by atoms with Gasteiger partial charge in [-0.2, -0.15) is 0 Å². The molecule has 1 aliphatic carbocycles. The molecular weight excluding hydrogens is 510 g/mol. The first-order valence-electron chi connectivity index (χ1n) is 13.2. The maximum absolute atomic E-state index is 13.1. The predicted molar refractivity (Wildman–Crippen MR) is 151 cm³/mol. The van der Waals surface area contributed by atoms with Crippen LogP contribution in [0.3, 0.4) is 0 Å². The molecule has 0 radical (unpaired) electrons. The summed E-state index contributed by atoms with van der Waals surface area (Å²) in [5, 5.41) is 24.6. The van der Waals surface area contributed by atoms with E-state index in [1.165, 1.54) is 6.92 Å². The molecule has 0 saturated heterocycles. The first kappa shape index (κ1) is 28.8. The minimum Gasteiger partial charge on any atom is -0.481 e. The molecule has 40 heavy (non-hydrogen) atoms. The summed E-state index contributed by atoms with van der Waals surface area (Å²) < 4.78 is 5.64. The number of hydrogen-bond donors (Lipinski definition) is 4. The number of alkyl carbamates (subject to hydrolysis) is 1. The van der Waals surface area contributed by atoms with Gasteiger partial charge in [-0.25, -0.2) is 4.79 Å². The Labute approximate surface area is 233 Å². The zero-order valence-electron chi connectivity index (χ0n) is 22.7. The Bertz CT molecular complexity index is 1300. The van der Waals surface area contributed by atoms with Crippen LogP contribution in [0.4, 0.5) is 4.79 Å². The lowest BCUT2D eigenvalue weighted by molar-refractivity contribution is -0.142. The molecular formula is C31H35N3O6. The number of aliphatic carboxylic acids is 1. The minimum absolute atomic E-state index is 0.0986. The second-order valence-electron chi connectivity index (χ2n) is 10.5. The first-order chi connectivity index (χ1) is 19.1. The van der Waals surface area contributed by atoms with Crippen molar-refractivity contribution in [2.75, 3.05) is 26.7 Å². The van der Waals surface area contributed by atoms with E-state index < -0.39 is 36.0 Å². The van der Waals surface area contributed by atoms with Gasteiger partial charge in [0.05, 0.1) is 12.0 Å². The Kier molecular flexibility index (Phi) is 9.19. The lowest BCUT2D eigenvalue weighted by Gasteiger charge is -2.27. The van der Waals surface area contributed by atoms with Gasteiger partial charge in [0.1, 0.15) is 12.6 Å². The van der Waals surface area contributed by atoms with Gasteiger partial charge in [0.15, 0.2) is 0 Å². The lowest BCUT2D eigenvalue weighted by atomic mass is 9.98. The molecule has 0 bridgehead atoms. The van der Waals surface area contributed by atoms with Crippen LogP contribution in [0.2, 0.25) is 0 Å². The van der Waals surface area contributed by atoms with Gasteiger partial charge in [0.2, 0.25) is 5.91 Å². The molecule has 4 rings (SSSR count). The van der Waals surface area contributed by atoms with Crippen molar-refractivity contribution in [1.29, 1.82) is 0 Å². The van der Waals surface area contributed by atoms with Gasteiger partial charge in [-0.3, -0.25) is 14.5 Å². The predicted octanol–water partition coefficient (Wildman–Crippen LogP) is 3.37. The van der Waals surface area contributed by atoms with Crippen molar-refractivity contribution < 1.29 is 29.3 Å². The molecule has 0 saturated carbocycles. The number of rotatable bonds is 12. The van der Waals surface area contributed by atoms with Crippen LogP contribution < -0.4 is 10.6 Å². The third kappa shape index (κ3) is 7.46. The molecule has 9 nitrogen and oxygen atoms in total. The second-order valence-corrected chi connectivity index (χ2v) is 10.5. The van der Waals surface area contributed by atoms with Crippen molar-refractivity contribution in [1.82, 2.24) is 15.5 Å². The molecule has 2 unspecified atom stereocenters. The summed E-state index contributed by atoms with van der Waals surface area (Å²) in [5.74, 6) is -1.87. The molecule has 0 aromatic heterocycles. The number of nitrogens with one attached hydrogen (secondary N) is 2. The smallest absolute Gasteiger partial charge is 0.407 e. The fourth-order valence-corrected chi connectivity index (χ4v) is 5.04. The maximum atomic E-state index is 13.1. The number of carboxylic acids is 1. The number of carbonyl (C=O) groups is 3. The topological polar surface area (TPSA) is 128 Å². The van der Waals surface area contributed by atoms with Crippen molar-refractivity contribution in [3.63, 3.8) is 0 Å². The summed E-state index contributed by atoms with van der Waals surface area (Å²) in [4.78, 5) is 39.0. The Morgan fingerprint density at radius 2 is 1.52 bits per heavy atom. The fraction of sp³-hybridized carbons (Fsp3) is 0.323. The van der Waals surface area contributed by atoms with E-state index in [1.807, 2.05) is 78.7 Å². The van der Waals surface area contributed by atoms with Crippen LogP contribution in [-0.4, -0.2) is 71.5 Å². The standard InChI is InChI=1S/C31H35N3O6/c1-31(39,16-28(35)36)20-32-29(37)27(18-34(2)17-21-10-4-3-5-11-21)33-30(38)40-19-26-24-14-8-6-12-22(24)23-13-7-9-15-25(23)26/h3-15,26-27,39H,16-20H2,1-2H3,(H,32,37)(H,33,38)(H,35,36). The van der Waals surface area contributed by atoms with Crippen molar-refractivity contribution in [2.45, 2.75) is 37.5 Å². The molecule has 2 atom stereocenters. The minimum atomic E-state index is -1.65. The summed E-state index contributed by atoms with van der Waals surface area (Å²) >= 11 is 0. The Morgan fingerprint density at radius 1 is 0.950 bits per heavy atom. The molecule has 2 amide bonds. The van der Waals surface area contributed by atoms with E-state index in [0.29, 0.717) is 6.54 Å². The van der Waals surface area contributed by atoms with Crippen LogP contribution in [-0.2, 0) is 20.9 Å². The quantitative estimate of drug-likeness (QED) is 0.275. The third-order valence-electron chi connectivity index (χ3n) is 6.92. The van der Waals surface area contributed by atoms with E-state index in [1.54, 1.807) is 0 Å². The Morgan fingerprint density at radius 3 is 2.12 bits per heavy atom. The van der Waals surface area contributed by atoms with Crippen LogP contribution in [0.15, 0.2) is 78.9 Å². The van der Waals surface area contributed by atoms with Crippen molar-refractivity contribution in [3.8, 4) is 11.1 Å². The largest absolute Gasteiger partial charge is 0.481 e. The monoisotopic (exact) mass is 545 g/mol. The number of likely N-dealkylation sites (N-methyl/N-ethyl adjacent to an activating group) is 1. The van der Waals surface area contributed by atoms with Crippen LogP contribution in [0.1, 0.15) is 36.0 Å². The average Bonchev–Trinajstić information content (AvgIpc) is 3.24. The molecule has 1 aliphatic rings. The number of amides is 2. The van der Waals surface area contributed by atoms with E-state index in [4.69, 9.17) is 9.84 Å².